The van der Waals surface area contributed by atoms with Crippen LogP contribution in [-0.2, 0) is 18.0 Å². The van der Waals surface area contributed by atoms with Crippen LogP contribution in [0.3, 0.4) is 0 Å². The first kappa shape index (κ1) is 20.5. The summed E-state index contributed by atoms with van der Waals surface area (Å²) in [5.41, 5.74) is -1.62. The Morgan fingerprint density at radius 2 is 1.90 bits per heavy atom. The Bertz CT molecular complexity index is 1200. The summed E-state index contributed by atoms with van der Waals surface area (Å²) in [6.45, 7) is 2.72. The fraction of sp³-hybridized carbons (Fsp3) is 0.222. The maximum atomic E-state index is 13.4. The van der Waals surface area contributed by atoms with E-state index in [0.717, 1.165) is 23.5 Å². The lowest BCUT2D eigenvalue weighted by Crippen LogP contribution is -2.18. The minimum atomic E-state index is -4.76. The summed E-state index contributed by atoms with van der Waals surface area (Å²) in [5, 5.41) is 4.78. The number of hydrogen-bond donors (Lipinski definition) is 2. The van der Waals surface area contributed by atoms with Crippen molar-refractivity contribution in [3.8, 4) is 0 Å². The molecule has 0 aliphatic carbocycles. The molecule has 0 spiro atoms. The van der Waals surface area contributed by atoms with E-state index < -0.39 is 29.2 Å². The van der Waals surface area contributed by atoms with Gasteiger partial charge in [-0.2, -0.15) is 13.2 Å². The van der Waals surface area contributed by atoms with Crippen LogP contribution >= 0.6 is 11.3 Å². The molecule has 0 fully saturated rings. The summed E-state index contributed by atoms with van der Waals surface area (Å²) in [4.78, 5) is 40.5. The number of carbonyl (C=O) groups excluding carboxylic acids is 2. The van der Waals surface area contributed by atoms with Gasteiger partial charge in [-0.3, -0.25) is 14.4 Å². The number of alkyl halides is 3. The number of benzene rings is 1. The van der Waals surface area contributed by atoms with Crippen LogP contribution in [0.5, 0.6) is 0 Å². The number of rotatable bonds is 3. The lowest BCUT2D eigenvalue weighted by Gasteiger charge is -2.15. The van der Waals surface area contributed by atoms with Crippen molar-refractivity contribution >= 4 is 44.7 Å². The van der Waals surface area contributed by atoms with Crippen molar-refractivity contribution in [1.82, 2.24) is 9.55 Å². The summed E-state index contributed by atoms with van der Waals surface area (Å²) >= 11 is 0.924. The van der Waals surface area contributed by atoms with E-state index in [1.165, 1.54) is 30.9 Å². The summed E-state index contributed by atoms with van der Waals surface area (Å²) in [7, 11) is 1.51. The second kappa shape index (κ2) is 7.32. The van der Waals surface area contributed by atoms with Gasteiger partial charge in [0.2, 0.25) is 5.91 Å². The molecule has 3 rings (SSSR count). The molecule has 0 radical (unpaired) electrons. The maximum Gasteiger partial charge on any atom is 0.418 e. The van der Waals surface area contributed by atoms with Crippen LogP contribution < -0.4 is 16.2 Å². The second-order valence-electron chi connectivity index (χ2n) is 6.29. The number of aromatic nitrogens is 2. The first-order valence-electron chi connectivity index (χ1n) is 8.24. The molecule has 0 aliphatic heterocycles. The second-order valence-corrected chi connectivity index (χ2v) is 7.29. The van der Waals surface area contributed by atoms with Crippen LogP contribution in [0, 0.1) is 6.92 Å². The third-order valence-corrected chi connectivity index (χ3v) is 5.31. The monoisotopic (exact) mass is 424 g/mol. The number of nitrogens with zero attached hydrogens (tertiary/aromatic N) is 2. The number of nitrogens with one attached hydrogen (secondary N) is 2. The van der Waals surface area contributed by atoms with Crippen LogP contribution in [0.15, 0.2) is 29.3 Å². The predicted molar refractivity (Wildman–Crippen MR) is 103 cm³/mol. The van der Waals surface area contributed by atoms with Crippen molar-refractivity contribution in [3.05, 3.63) is 50.9 Å². The number of anilines is 2. The predicted octanol–water partition coefficient (Wildman–Crippen LogP) is 3.53. The SMILES string of the molecule is CC(=O)Nc1ccc(NC(=O)c2sc3ncn(C)c(=O)c3c2C)c(C(F)(F)F)c1. The molecule has 0 saturated heterocycles. The standard InChI is InChI=1S/C18H15F3N4O3S/c1-8-13-16(22-7-25(3)17(13)28)29-14(8)15(27)24-12-5-4-10(23-9(2)26)6-11(12)18(19,20)21/h4-7H,1-3H3,(H,23,26)(H,24,27). The van der Waals surface area contributed by atoms with Gasteiger partial charge in [0.15, 0.2) is 0 Å². The zero-order valence-corrected chi connectivity index (χ0v) is 16.3. The third-order valence-electron chi connectivity index (χ3n) is 4.11. The molecule has 2 heterocycles. The average Bonchev–Trinajstić information content (AvgIpc) is 2.95. The van der Waals surface area contributed by atoms with Crippen LogP contribution in [0.4, 0.5) is 24.5 Å². The number of aryl methyl sites for hydroxylation is 2. The van der Waals surface area contributed by atoms with Crippen LogP contribution in [0.2, 0.25) is 0 Å². The highest BCUT2D eigenvalue weighted by Gasteiger charge is 2.34. The van der Waals surface area contributed by atoms with E-state index in [2.05, 4.69) is 15.6 Å². The highest BCUT2D eigenvalue weighted by Crippen LogP contribution is 2.37. The van der Waals surface area contributed by atoms with Gasteiger partial charge in [-0.1, -0.05) is 0 Å². The lowest BCUT2D eigenvalue weighted by atomic mass is 10.1. The first-order chi connectivity index (χ1) is 13.5. The van der Waals surface area contributed by atoms with E-state index >= 15 is 0 Å². The van der Waals surface area contributed by atoms with E-state index in [0.29, 0.717) is 10.4 Å². The number of hydrogen-bond acceptors (Lipinski definition) is 5. The van der Waals surface area contributed by atoms with Gasteiger partial charge in [0, 0.05) is 19.7 Å². The number of fused-ring (bicyclic) bond motifs is 1. The van der Waals surface area contributed by atoms with Crippen molar-refractivity contribution in [1.29, 1.82) is 0 Å². The van der Waals surface area contributed by atoms with Crippen LogP contribution in [0.1, 0.15) is 27.7 Å². The van der Waals surface area contributed by atoms with Gasteiger partial charge in [0.25, 0.3) is 11.5 Å². The molecule has 0 aliphatic rings. The van der Waals surface area contributed by atoms with Gasteiger partial charge in [-0.25, -0.2) is 4.98 Å². The Morgan fingerprint density at radius 1 is 1.21 bits per heavy atom. The highest BCUT2D eigenvalue weighted by molar-refractivity contribution is 7.20. The minimum absolute atomic E-state index is 0.0476. The molecule has 2 N–H and O–H groups in total. The summed E-state index contributed by atoms with van der Waals surface area (Å²) in [5.74, 6) is -1.31. The number of halogens is 3. The molecule has 2 aromatic heterocycles. The Balaban J connectivity index is 2.02. The summed E-state index contributed by atoms with van der Waals surface area (Å²) in [6.07, 6.45) is -3.45. The van der Waals surface area contributed by atoms with E-state index in [9.17, 15) is 27.6 Å². The Kier molecular flexibility index (Phi) is 5.18. The molecule has 0 bridgehead atoms. The number of amides is 2. The Hall–Kier alpha value is -3.21. The van der Waals surface area contributed by atoms with Gasteiger partial charge in [-0.05, 0) is 30.7 Å². The zero-order valence-electron chi connectivity index (χ0n) is 15.5. The van der Waals surface area contributed by atoms with E-state index in [1.807, 2.05) is 0 Å². The summed E-state index contributed by atoms with van der Waals surface area (Å²) in [6, 6.07) is 3.05. The Morgan fingerprint density at radius 3 is 2.52 bits per heavy atom. The fourth-order valence-electron chi connectivity index (χ4n) is 2.77. The number of carbonyl (C=O) groups is 2. The van der Waals surface area contributed by atoms with Gasteiger partial charge in [-0.15, -0.1) is 11.3 Å². The smallest absolute Gasteiger partial charge is 0.326 e. The van der Waals surface area contributed by atoms with Gasteiger partial charge in [0.05, 0.1) is 27.8 Å². The number of thiophene rings is 1. The van der Waals surface area contributed by atoms with Crippen LogP contribution in [-0.4, -0.2) is 21.4 Å². The lowest BCUT2D eigenvalue weighted by molar-refractivity contribution is -0.137. The third kappa shape index (κ3) is 3.99. The molecule has 29 heavy (non-hydrogen) atoms. The van der Waals surface area contributed by atoms with Crippen molar-refractivity contribution in [2.24, 2.45) is 7.05 Å². The molecule has 3 aromatic rings. The zero-order chi connectivity index (χ0) is 21.5. The molecular formula is C18H15F3N4O3S. The molecule has 11 heteroatoms. The van der Waals surface area contributed by atoms with Crippen molar-refractivity contribution < 1.29 is 22.8 Å². The van der Waals surface area contributed by atoms with Gasteiger partial charge in [0.1, 0.15) is 4.83 Å². The van der Waals surface area contributed by atoms with Crippen molar-refractivity contribution in [3.63, 3.8) is 0 Å². The highest BCUT2D eigenvalue weighted by atomic mass is 32.1. The molecule has 0 atom stereocenters. The van der Waals surface area contributed by atoms with Crippen LogP contribution in [0.25, 0.3) is 10.2 Å². The van der Waals surface area contributed by atoms with E-state index in [-0.39, 0.29) is 21.5 Å². The maximum absolute atomic E-state index is 13.4. The largest absolute Gasteiger partial charge is 0.418 e. The molecule has 2 amide bonds. The van der Waals surface area contributed by atoms with E-state index in [1.54, 1.807) is 6.92 Å². The molecule has 152 valence electrons. The summed E-state index contributed by atoms with van der Waals surface area (Å²) < 4.78 is 41.6. The van der Waals surface area contributed by atoms with Crippen molar-refractivity contribution in [2.75, 3.05) is 10.6 Å². The van der Waals surface area contributed by atoms with Gasteiger partial charge >= 0.3 is 6.18 Å². The fourth-order valence-corrected chi connectivity index (χ4v) is 3.81. The topological polar surface area (TPSA) is 93.1 Å². The molecule has 1 aromatic carbocycles. The Labute approximate surface area is 166 Å². The quantitative estimate of drug-likeness (QED) is 0.673. The normalized spacial score (nSPS) is 11.5. The van der Waals surface area contributed by atoms with E-state index in [4.69, 9.17) is 0 Å². The molecule has 7 nitrogen and oxygen atoms in total. The minimum Gasteiger partial charge on any atom is -0.326 e. The van der Waals surface area contributed by atoms with Crippen molar-refractivity contribution in [2.45, 2.75) is 20.0 Å². The average molecular weight is 424 g/mol. The molecule has 0 unspecified atom stereocenters. The first-order valence-corrected chi connectivity index (χ1v) is 9.05. The molecular weight excluding hydrogens is 409 g/mol. The molecule has 0 saturated carbocycles. The van der Waals surface area contributed by atoms with Gasteiger partial charge < -0.3 is 15.2 Å².